The van der Waals surface area contributed by atoms with Gasteiger partial charge in [-0.05, 0) is 16.7 Å². The first-order valence-corrected chi connectivity index (χ1v) is 7.11. The summed E-state index contributed by atoms with van der Waals surface area (Å²) in [6, 6.07) is 0.857. The Morgan fingerprint density at radius 1 is 0.882 bits per heavy atom. The van der Waals surface area contributed by atoms with Gasteiger partial charge in [0, 0.05) is 38.8 Å². The fourth-order valence-corrected chi connectivity index (χ4v) is 2.93. The van der Waals surface area contributed by atoms with E-state index in [2.05, 4.69) is 51.3 Å². The van der Waals surface area contributed by atoms with Gasteiger partial charge in [-0.25, -0.2) is 0 Å². The van der Waals surface area contributed by atoms with E-state index in [0.29, 0.717) is 10.8 Å². The predicted molar refractivity (Wildman–Crippen MR) is 74.2 cm³/mol. The van der Waals surface area contributed by atoms with Gasteiger partial charge in [-0.3, -0.25) is 9.80 Å². The molecule has 0 aliphatic carbocycles. The van der Waals surface area contributed by atoms with E-state index in [1.54, 1.807) is 0 Å². The van der Waals surface area contributed by atoms with Gasteiger partial charge in [0.05, 0.1) is 0 Å². The van der Waals surface area contributed by atoms with E-state index < -0.39 is 0 Å². The normalized spacial score (nSPS) is 25.8. The molecule has 0 saturated carbocycles. The molecule has 2 aliphatic heterocycles. The maximum absolute atomic E-state index is 2.69. The Bertz CT molecular complexity index is 260. The fraction of sp³-hybridized carbons (Fsp3) is 1.00. The summed E-state index contributed by atoms with van der Waals surface area (Å²) in [7, 11) is 0. The summed E-state index contributed by atoms with van der Waals surface area (Å²) in [4.78, 5) is 5.30. The minimum Gasteiger partial charge on any atom is -0.300 e. The van der Waals surface area contributed by atoms with Gasteiger partial charge in [-0.2, -0.15) is 0 Å². The van der Waals surface area contributed by atoms with Crippen LogP contribution in [0.25, 0.3) is 0 Å². The summed E-state index contributed by atoms with van der Waals surface area (Å²) in [5.41, 5.74) is 0.958. The van der Waals surface area contributed by atoms with Gasteiger partial charge in [0.15, 0.2) is 0 Å². The summed E-state index contributed by atoms with van der Waals surface area (Å²) in [5, 5.41) is 0. The van der Waals surface area contributed by atoms with Gasteiger partial charge in [0.25, 0.3) is 0 Å². The third-order valence-corrected chi connectivity index (χ3v) is 4.29. The van der Waals surface area contributed by atoms with Crippen molar-refractivity contribution in [3.63, 3.8) is 0 Å². The quantitative estimate of drug-likeness (QED) is 0.730. The van der Waals surface area contributed by atoms with Gasteiger partial charge in [-0.1, -0.05) is 41.5 Å². The fourth-order valence-electron chi connectivity index (χ4n) is 2.93. The van der Waals surface area contributed by atoms with E-state index in [-0.39, 0.29) is 0 Å². The molecule has 2 heterocycles. The smallest absolute Gasteiger partial charge is 0.0350 e. The number of hydrogen-bond donors (Lipinski definition) is 0. The molecule has 0 aromatic carbocycles. The van der Waals surface area contributed by atoms with E-state index >= 15 is 0 Å². The third-order valence-electron chi connectivity index (χ3n) is 4.29. The molecule has 0 aromatic heterocycles. The lowest BCUT2D eigenvalue weighted by atomic mass is 9.75. The molecule has 0 spiro atoms. The molecule has 0 aromatic rings. The molecule has 17 heavy (non-hydrogen) atoms. The van der Waals surface area contributed by atoms with Gasteiger partial charge >= 0.3 is 0 Å². The van der Waals surface area contributed by atoms with Gasteiger partial charge in [-0.15, -0.1) is 0 Å². The van der Waals surface area contributed by atoms with Crippen molar-refractivity contribution in [1.82, 2.24) is 9.80 Å². The Balaban J connectivity index is 1.66. The van der Waals surface area contributed by atoms with Crippen molar-refractivity contribution in [1.29, 1.82) is 0 Å². The minimum absolute atomic E-state index is 0.452. The molecule has 2 aliphatic rings. The van der Waals surface area contributed by atoms with Crippen LogP contribution in [0.15, 0.2) is 0 Å². The Hall–Kier alpha value is -0.0800. The highest BCUT2D eigenvalue weighted by molar-refractivity contribution is 4.97. The summed E-state index contributed by atoms with van der Waals surface area (Å²) in [6.07, 6.45) is 0. The van der Waals surface area contributed by atoms with Crippen molar-refractivity contribution in [3.05, 3.63) is 0 Å². The van der Waals surface area contributed by atoms with Crippen molar-refractivity contribution in [2.24, 2.45) is 16.7 Å². The molecule has 2 rings (SSSR count). The van der Waals surface area contributed by atoms with Crippen molar-refractivity contribution in [3.8, 4) is 0 Å². The molecule has 0 amide bonds. The zero-order valence-corrected chi connectivity index (χ0v) is 12.6. The molecule has 0 radical (unpaired) electrons. The van der Waals surface area contributed by atoms with Crippen molar-refractivity contribution in [2.75, 3.05) is 32.7 Å². The molecule has 0 bridgehead atoms. The predicted octanol–water partition coefficient (Wildman–Crippen LogP) is 2.69. The van der Waals surface area contributed by atoms with Crippen LogP contribution < -0.4 is 0 Å². The number of likely N-dealkylation sites (tertiary alicyclic amines) is 2. The largest absolute Gasteiger partial charge is 0.300 e. The first-order valence-electron chi connectivity index (χ1n) is 7.11. The second-order valence-corrected chi connectivity index (χ2v) is 8.43. The molecule has 0 N–H and O–H groups in total. The van der Waals surface area contributed by atoms with Crippen LogP contribution in [0, 0.1) is 16.7 Å². The second-order valence-electron chi connectivity index (χ2n) is 8.43. The van der Waals surface area contributed by atoms with Crippen LogP contribution in [0.4, 0.5) is 0 Å². The molecule has 0 unspecified atom stereocenters. The Labute approximate surface area is 107 Å². The minimum atomic E-state index is 0.452. The van der Waals surface area contributed by atoms with Crippen LogP contribution >= 0.6 is 0 Å². The molecule has 2 nitrogen and oxygen atoms in total. The maximum Gasteiger partial charge on any atom is 0.0350 e. The second kappa shape index (κ2) is 4.24. The number of hydrogen-bond acceptors (Lipinski definition) is 2. The molecule has 0 atom stereocenters. The lowest BCUT2D eigenvalue weighted by molar-refractivity contribution is -0.0676. The summed E-state index contributed by atoms with van der Waals surface area (Å²) in [5.74, 6) is 0.916. The van der Waals surface area contributed by atoms with Crippen LogP contribution in [0.2, 0.25) is 0 Å². The Kier molecular flexibility index (Phi) is 3.33. The Morgan fingerprint density at radius 3 is 1.82 bits per heavy atom. The van der Waals surface area contributed by atoms with Crippen molar-refractivity contribution in [2.45, 2.75) is 47.6 Å². The molecule has 2 fully saturated rings. The highest BCUT2D eigenvalue weighted by Gasteiger charge is 2.42. The molecule has 100 valence electrons. The standard InChI is InChI=1S/C15H30N2/c1-14(2,3)11-16-9-13(10-16)17-7-12(8-17)15(4,5)6/h12-13H,7-11H2,1-6H3. The van der Waals surface area contributed by atoms with Crippen LogP contribution in [0.1, 0.15) is 41.5 Å². The van der Waals surface area contributed by atoms with Crippen LogP contribution in [0.3, 0.4) is 0 Å². The third kappa shape index (κ3) is 3.23. The highest BCUT2D eigenvalue weighted by atomic mass is 15.3. The first-order chi connectivity index (χ1) is 7.65. The average molecular weight is 238 g/mol. The Morgan fingerprint density at radius 2 is 1.41 bits per heavy atom. The lowest BCUT2D eigenvalue weighted by Crippen LogP contribution is -2.67. The van der Waals surface area contributed by atoms with Gasteiger partial charge in [0.2, 0.25) is 0 Å². The SMILES string of the molecule is CC(C)(C)CN1CC(N2CC(C(C)(C)C)C2)C1. The number of nitrogens with zero attached hydrogens (tertiary/aromatic N) is 2. The van der Waals surface area contributed by atoms with Crippen molar-refractivity contribution >= 4 is 0 Å². The molecular weight excluding hydrogens is 208 g/mol. The van der Waals surface area contributed by atoms with E-state index in [4.69, 9.17) is 0 Å². The molecule has 2 saturated heterocycles. The maximum atomic E-state index is 2.69. The zero-order chi connectivity index (χ0) is 12.8. The van der Waals surface area contributed by atoms with Gasteiger partial charge < -0.3 is 0 Å². The van der Waals surface area contributed by atoms with E-state index in [1.165, 1.54) is 32.7 Å². The van der Waals surface area contributed by atoms with Crippen LogP contribution in [-0.2, 0) is 0 Å². The van der Waals surface area contributed by atoms with Crippen molar-refractivity contribution < 1.29 is 0 Å². The van der Waals surface area contributed by atoms with Gasteiger partial charge in [0.1, 0.15) is 0 Å². The summed E-state index contributed by atoms with van der Waals surface area (Å²) < 4.78 is 0. The van der Waals surface area contributed by atoms with Crippen LogP contribution in [-0.4, -0.2) is 48.6 Å². The monoisotopic (exact) mass is 238 g/mol. The molecular formula is C15H30N2. The average Bonchev–Trinajstić information content (AvgIpc) is 1.90. The highest BCUT2D eigenvalue weighted by Crippen LogP contribution is 2.36. The molecule has 2 heteroatoms. The topological polar surface area (TPSA) is 6.48 Å². The van der Waals surface area contributed by atoms with E-state index in [0.717, 1.165) is 12.0 Å². The van der Waals surface area contributed by atoms with E-state index in [9.17, 15) is 0 Å². The van der Waals surface area contributed by atoms with Crippen LogP contribution in [0.5, 0.6) is 0 Å². The summed E-state index contributed by atoms with van der Waals surface area (Å²) in [6.45, 7) is 20.6. The summed E-state index contributed by atoms with van der Waals surface area (Å²) >= 11 is 0. The number of rotatable bonds is 2. The van der Waals surface area contributed by atoms with E-state index in [1.807, 2.05) is 0 Å². The lowest BCUT2D eigenvalue weighted by Gasteiger charge is -2.55. The zero-order valence-electron chi connectivity index (χ0n) is 12.6. The first kappa shape index (κ1) is 13.4.